The average molecular weight is 478 g/mol. The minimum Gasteiger partial charge on any atom is -0.474 e. The highest BCUT2D eigenvalue weighted by atomic mass is 16.5. The molecular weight excluding hydrogens is 442 g/mol. The van der Waals surface area contributed by atoms with E-state index in [1.54, 1.807) is 0 Å². The molecule has 0 unspecified atom stereocenters. The van der Waals surface area contributed by atoms with Crippen molar-refractivity contribution in [2.75, 3.05) is 30.4 Å². The highest BCUT2D eigenvalue weighted by Crippen LogP contribution is 2.31. The summed E-state index contributed by atoms with van der Waals surface area (Å²) in [7, 11) is 0. The molecule has 1 aliphatic heterocycles. The van der Waals surface area contributed by atoms with E-state index in [2.05, 4.69) is 15.7 Å². The Labute approximate surface area is 206 Å². The molecule has 2 aromatic heterocycles. The third kappa shape index (κ3) is 5.59. The fourth-order valence-corrected chi connectivity index (χ4v) is 4.73. The molecule has 1 saturated heterocycles. The number of aromatic nitrogens is 3. The molecule has 3 heterocycles. The van der Waals surface area contributed by atoms with E-state index in [-0.39, 0.29) is 17.9 Å². The number of fused-ring (bicyclic) bond motifs is 1. The summed E-state index contributed by atoms with van der Waals surface area (Å²) in [6.07, 6.45) is 8.78. The topological polar surface area (TPSA) is 89.8 Å². The lowest BCUT2D eigenvalue weighted by Crippen LogP contribution is -2.23. The van der Waals surface area contributed by atoms with Gasteiger partial charge in [-0.15, -0.1) is 0 Å². The third-order valence-corrected chi connectivity index (χ3v) is 6.94. The van der Waals surface area contributed by atoms with Gasteiger partial charge in [-0.3, -0.25) is 4.79 Å². The maximum Gasteiger partial charge on any atom is 0.226 e. The predicted octanol–water partition coefficient (Wildman–Crippen LogP) is 5.15. The van der Waals surface area contributed by atoms with E-state index in [0.717, 1.165) is 73.7 Å². The van der Waals surface area contributed by atoms with E-state index in [0.29, 0.717) is 11.8 Å². The van der Waals surface area contributed by atoms with Crippen molar-refractivity contribution in [3.05, 3.63) is 36.5 Å². The van der Waals surface area contributed by atoms with E-state index in [9.17, 15) is 4.79 Å². The van der Waals surface area contributed by atoms with Gasteiger partial charge in [0, 0.05) is 43.0 Å². The molecule has 1 amide bonds. The quantitative estimate of drug-likeness (QED) is 0.466. The summed E-state index contributed by atoms with van der Waals surface area (Å²) in [6, 6.07) is 9.80. The SMILES string of the molecule is CC(C)C(=O)Nc1ccc(-c2cnn3c(NCC4CCOCC4)cc(OC4CCCC4)nc23)cc1. The first kappa shape index (κ1) is 23.6. The minimum atomic E-state index is -0.0659. The second-order valence-corrected chi connectivity index (χ2v) is 9.96. The van der Waals surface area contributed by atoms with Crippen molar-refractivity contribution in [1.29, 1.82) is 0 Å². The van der Waals surface area contributed by atoms with E-state index in [4.69, 9.17) is 14.5 Å². The number of ether oxygens (including phenoxy) is 2. The minimum absolute atomic E-state index is 0.00403. The molecule has 2 fully saturated rings. The first-order valence-electron chi connectivity index (χ1n) is 12.8. The van der Waals surface area contributed by atoms with Gasteiger partial charge in [-0.2, -0.15) is 14.6 Å². The van der Waals surface area contributed by atoms with Gasteiger partial charge in [-0.25, -0.2) is 0 Å². The van der Waals surface area contributed by atoms with E-state index in [1.165, 1.54) is 12.8 Å². The van der Waals surface area contributed by atoms with Crippen LogP contribution in [0.2, 0.25) is 0 Å². The number of benzene rings is 1. The van der Waals surface area contributed by atoms with Crippen molar-refractivity contribution < 1.29 is 14.3 Å². The van der Waals surface area contributed by atoms with Gasteiger partial charge in [0.05, 0.1) is 6.20 Å². The molecule has 5 rings (SSSR count). The lowest BCUT2D eigenvalue weighted by molar-refractivity contribution is -0.118. The first-order valence-corrected chi connectivity index (χ1v) is 12.8. The van der Waals surface area contributed by atoms with Crippen LogP contribution >= 0.6 is 0 Å². The van der Waals surface area contributed by atoms with Crippen molar-refractivity contribution >= 4 is 23.1 Å². The molecule has 1 saturated carbocycles. The highest BCUT2D eigenvalue weighted by molar-refractivity contribution is 5.92. The molecule has 0 spiro atoms. The zero-order valence-electron chi connectivity index (χ0n) is 20.6. The lowest BCUT2D eigenvalue weighted by atomic mass is 10.0. The Kier molecular flexibility index (Phi) is 7.18. The van der Waals surface area contributed by atoms with Gasteiger partial charge in [0.25, 0.3) is 0 Å². The Hall–Kier alpha value is -3.13. The molecule has 8 nitrogen and oxygen atoms in total. The van der Waals surface area contributed by atoms with Crippen LogP contribution in [0.25, 0.3) is 16.8 Å². The van der Waals surface area contributed by atoms with E-state index < -0.39 is 0 Å². The number of carbonyl (C=O) groups is 1. The zero-order chi connectivity index (χ0) is 24.2. The number of amides is 1. The molecule has 0 bridgehead atoms. The molecule has 8 heteroatoms. The normalized spacial score (nSPS) is 17.2. The van der Waals surface area contributed by atoms with E-state index >= 15 is 0 Å². The predicted molar refractivity (Wildman–Crippen MR) is 137 cm³/mol. The van der Waals surface area contributed by atoms with Crippen LogP contribution in [0.5, 0.6) is 5.88 Å². The van der Waals surface area contributed by atoms with Crippen molar-refractivity contribution in [3.63, 3.8) is 0 Å². The highest BCUT2D eigenvalue weighted by Gasteiger charge is 2.21. The molecule has 2 aliphatic rings. The van der Waals surface area contributed by atoms with Gasteiger partial charge in [-0.05, 0) is 62.1 Å². The summed E-state index contributed by atoms with van der Waals surface area (Å²) < 4.78 is 13.7. The Bertz CT molecular complexity index is 1150. The third-order valence-electron chi connectivity index (χ3n) is 6.94. The van der Waals surface area contributed by atoms with Gasteiger partial charge in [0.1, 0.15) is 11.9 Å². The van der Waals surface area contributed by atoms with Crippen LogP contribution in [0.1, 0.15) is 52.4 Å². The molecule has 35 heavy (non-hydrogen) atoms. The van der Waals surface area contributed by atoms with Crippen LogP contribution in [0.15, 0.2) is 36.5 Å². The Morgan fingerprint density at radius 2 is 1.89 bits per heavy atom. The largest absolute Gasteiger partial charge is 0.474 e. The van der Waals surface area contributed by atoms with Gasteiger partial charge in [0.15, 0.2) is 5.65 Å². The lowest BCUT2D eigenvalue weighted by Gasteiger charge is -2.23. The maximum absolute atomic E-state index is 12.0. The van der Waals surface area contributed by atoms with Crippen LogP contribution in [-0.4, -0.2) is 46.4 Å². The van der Waals surface area contributed by atoms with Crippen molar-refractivity contribution in [3.8, 4) is 17.0 Å². The molecular formula is C27H35N5O3. The van der Waals surface area contributed by atoms with Gasteiger partial charge >= 0.3 is 0 Å². The van der Waals surface area contributed by atoms with Gasteiger partial charge in [0.2, 0.25) is 11.8 Å². The van der Waals surface area contributed by atoms with Gasteiger partial charge in [-0.1, -0.05) is 26.0 Å². The van der Waals surface area contributed by atoms with Crippen molar-refractivity contribution in [1.82, 2.24) is 14.6 Å². The number of hydrogen-bond donors (Lipinski definition) is 2. The summed E-state index contributed by atoms with van der Waals surface area (Å²) in [5.41, 5.74) is 3.45. The van der Waals surface area contributed by atoms with Crippen LogP contribution in [0.3, 0.4) is 0 Å². The Morgan fingerprint density at radius 1 is 1.14 bits per heavy atom. The standard InChI is InChI=1S/C27H35N5O3/c1-18(2)27(33)30-21-9-7-20(8-10-21)23-17-29-32-24(28-16-19-11-13-34-14-12-19)15-25(31-26(23)32)35-22-5-3-4-6-22/h7-10,15,17-19,22,28H,3-6,11-14,16H2,1-2H3,(H,30,33). The van der Waals surface area contributed by atoms with Crippen molar-refractivity contribution in [2.45, 2.75) is 58.5 Å². The first-order chi connectivity index (χ1) is 17.1. The number of hydrogen-bond acceptors (Lipinski definition) is 6. The molecule has 2 N–H and O–H groups in total. The summed E-state index contributed by atoms with van der Waals surface area (Å²) in [6.45, 7) is 6.28. The number of carbonyl (C=O) groups excluding carboxylic acids is 1. The maximum atomic E-state index is 12.0. The Balaban J connectivity index is 1.43. The fourth-order valence-electron chi connectivity index (χ4n) is 4.73. The molecule has 0 radical (unpaired) electrons. The van der Waals surface area contributed by atoms with Crippen LogP contribution in [-0.2, 0) is 9.53 Å². The Morgan fingerprint density at radius 3 is 2.60 bits per heavy atom. The number of rotatable bonds is 8. The van der Waals surface area contributed by atoms with E-state index in [1.807, 2.05) is 54.9 Å². The van der Waals surface area contributed by atoms with Crippen LogP contribution < -0.4 is 15.4 Å². The summed E-state index contributed by atoms with van der Waals surface area (Å²) in [4.78, 5) is 16.9. The van der Waals surface area contributed by atoms with Crippen LogP contribution in [0, 0.1) is 11.8 Å². The van der Waals surface area contributed by atoms with Gasteiger partial charge < -0.3 is 20.1 Å². The number of nitrogens with one attached hydrogen (secondary N) is 2. The summed E-state index contributed by atoms with van der Waals surface area (Å²) in [5.74, 6) is 2.05. The average Bonchev–Trinajstić information content (AvgIpc) is 3.54. The smallest absolute Gasteiger partial charge is 0.226 e. The molecule has 0 atom stereocenters. The summed E-state index contributed by atoms with van der Waals surface area (Å²) in [5, 5.41) is 11.2. The monoisotopic (exact) mass is 477 g/mol. The molecule has 3 aromatic rings. The number of anilines is 2. The fraction of sp³-hybridized carbons (Fsp3) is 0.519. The molecule has 1 aliphatic carbocycles. The molecule has 186 valence electrons. The molecule has 1 aromatic carbocycles. The van der Waals surface area contributed by atoms with Crippen molar-refractivity contribution in [2.24, 2.45) is 11.8 Å². The van der Waals surface area contributed by atoms with Crippen LogP contribution in [0.4, 0.5) is 11.5 Å². The summed E-state index contributed by atoms with van der Waals surface area (Å²) >= 11 is 0. The zero-order valence-corrected chi connectivity index (χ0v) is 20.6. The number of nitrogens with zero attached hydrogens (tertiary/aromatic N) is 3. The second kappa shape index (κ2) is 10.6. The second-order valence-electron chi connectivity index (χ2n) is 9.96.